The Labute approximate surface area is 210 Å². The molecule has 0 aliphatic heterocycles. The van der Waals surface area contributed by atoms with Crippen molar-refractivity contribution in [1.29, 1.82) is 0 Å². The average Bonchev–Trinajstić information content (AvgIpc) is 2.83. The number of rotatable bonds is 12. The summed E-state index contributed by atoms with van der Waals surface area (Å²) in [4.78, 5) is 20.9. The number of ether oxygens (including phenoxy) is 2. The zero-order valence-corrected chi connectivity index (χ0v) is 21.1. The number of hydrogen-bond acceptors (Lipinski definition) is 7. The van der Waals surface area contributed by atoms with Crippen molar-refractivity contribution in [2.45, 2.75) is 39.0 Å². The fourth-order valence-corrected chi connectivity index (χ4v) is 4.06. The van der Waals surface area contributed by atoms with Crippen LogP contribution < -0.4 is 14.9 Å². The van der Waals surface area contributed by atoms with E-state index < -0.39 is 0 Å². The van der Waals surface area contributed by atoms with Crippen molar-refractivity contribution in [3.05, 3.63) is 89.3 Å². The van der Waals surface area contributed by atoms with Crippen LogP contribution in [0.2, 0.25) is 0 Å². The highest BCUT2D eigenvalue weighted by Gasteiger charge is 2.13. The molecule has 3 rings (SSSR count). The minimum absolute atomic E-state index is 0.165. The summed E-state index contributed by atoms with van der Waals surface area (Å²) < 4.78 is 12.0. The molecule has 8 heteroatoms. The lowest BCUT2D eigenvalue weighted by atomic mass is 10.1. The van der Waals surface area contributed by atoms with Crippen LogP contribution in [0.5, 0.6) is 11.5 Å². The van der Waals surface area contributed by atoms with Crippen molar-refractivity contribution in [3.8, 4) is 11.5 Å². The van der Waals surface area contributed by atoms with Crippen LogP contribution >= 0.6 is 11.8 Å². The molecule has 0 atom stereocenters. The minimum Gasteiger partial charge on any atom is -0.490 e. The van der Waals surface area contributed by atoms with Crippen LogP contribution in [0.4, 0.5) is 0 Å². The van der Waals surface area contributed by atoms with Gasteiger partial charge in [-0.05, 0) is 56.5 Å². The van der Waals surface area contributed by atoms with E-state index in [9.17, 15) is 4.79 Å². The van der Waals surface area contributed by atoms with Gasteiger partial charge in [-0.25, -0.2) is 15.4 Å². The monoisotopic (exact) mass is 490 g/mol. The lowest BCUT2D eigenvalue weighted by Crippen LogP contribution is -2.19. The molecule has 1 N–H and O–H groups in total. The fourth-order valence-electron chi connectivity index (χ4n) is 3.32. The summed E-state index contributed by atoms with van der Waals surface area (Å²) in [5, 5.41) is 4.69. The molecular weight excluding hydrogens is 460 g/mol. The number of nitrogens with zero attached hydrogens (tertiary/aromatic N) is 3. The van der Waals surface area contributed by atoms with Crippen LogP contribution in [0.25, 0.3) is 0 Å². The van der Waals surface area contributed by atoms with Crippen LogP contribution in [0.3, 0.4) is 0 Å². The summed E-state index contributed by atoms with van der Waals surface area (Å²) in [5.74, 6) is 1.23. The molecule has 182 valence electrons. The summed E-state index contributed by atoms with van der Waals surface area (Å²) in [7, 11) is 0. The molecule has 3 aromatic rings. The van der Waals surface area contributed by atoms with E-state index in [0.717, 1.165) is 28.1 Å². The average molecular weight is 491 g/mol. The van der Waals surface area contributed by atoms with Gasteiger partial charge in [0, 0.05) is 17.0 Å². The van der Waals surface area contributed by atoms with E-state index in [0.29, 0.717) is 36.3 Å². The number of carbonyl (C=O) groups is 1. The first-order chi connectivity index (χ1) is 17.0. The normalized spacial score (nSPS) is 10.8. The molecule has 0 saturated carbocycles. The molecule has 35 heavy (non-hydrogen) atoms. The maximum atomic E-state index is 12.2. The second-order valence-electron chi connectivity index (χ2n) is 7.72. The number of hydrazone groups is 1. The van der Waals surface area contributed by atoms with Gasteiger partial charge in [0.25, 0.3) is 5.91 Å². The highest BCUT2D eigenvalue weighted by atomic mass is 32.2. The molecular formula is C27H30N4O3S. The van der Waals surface area contributed by atoms with Gasteiger partial charge in [-0.2, -0.15) is 5.10 Å². The zero-order chi connectivity index (χ0) is 25.0. The van der Waals surface area contributed by atoms with Crippen LogP contribution in [0.15, 0.2) is 71.4 Å². The summed E-state index contributed by atoms with van der Waals surface area (Å²) >= 11 is 1.27. The first-order valence-electron chi connectivity index (χ1n) is 11.3. The highest BCUT2D eigenvalue weighted by molar-refractivity contribution is 7.99. The predicted molar refractivity (Wildman–Crippen MR) is 140 cm³/mol. The quantitative estimate of drug-likeness (QED) is 0.126. The van der Waals surface area contributed by atoms with E-state index in [1.54, 1.807) is 6.21 Å². The third kappa shape index (κ3) is 8.26. The maximum absolute atomic E-state index is 12.2. The van der Waals surface area contributed by atoms with Gasteiger partial charge in [-0.3, -0.25) is 4.79 Å². The number of benzene rings is 2. The topological polar surface area (TPSA) is 85.7 Å². The molecule has 1 aromatic heterocycles. The molecule has 0 radical (unpaired) electrons. The summed E-state index contributed by atoms with van der Waals surface area (Å²) in [6.45, 7) is 10.5. The van der Waals surface area contributed by atoms with E-state index in [2.05, 4.69) is 27.1 Å². The van der Waals surface area contributed by atoms with Crippen LogP contribution in [0, 0.1) is 13.8 Å². The van der Waals surface area contributed by atoms with Crippen LogP contribution in [0.1, 0.15) is 35.0 Å². The van der Waals surface area contributed by atoms with Crippen molar-refractivity contribution in [1.82, 2.24) is 15.4 Å². The molecule has 2 aromatic carbocycles. The molecule has 0 aliphatic rings. The third-order valence-corrected chi connectivity index (χ3v) is 5.59. The molecule has 0 saturated heterocycles. The molecule has 7 nitrogen and oxygen atoms in total. The smallest absolute Gasteiger partial charge is 0.250 e. The summed E-state index contributed by atoms with van der Waals surface area (Å²) in [5.41, 5.74) is 7.07. The molecule has 0 aliphatic carbocycles. The van der Waals surface area contributed by atoms with Gasteiger partial charge >= 0.3 is 0 Å². The van der Waals surface area contributed by atoms with Gasteiger partial charge in [-0.1, -0.05) is 48.2 Å². The van der Waals surface area contributed by atoms with E-state index in [-0.39, 0.29) is 11.7 Å². The maximum Gasteiger partial charge on any atom is 0.250 e. The Hall–Kier alpha value is -3.65. The van der Waals surface area contributed by atoms with E-state index in [1.807, 2.05) is 75.4 Å². The van der Waals surface area contributed by atoms with Crippen molar-refractivity contribution in [3.63, 3.8) is 0 Å². The van der Waals surface area contributed by atoms with Gasteiger partial charge < -0.3 is 9.47 Å². The van der Waals surface area contributed by atoms with Crippen LogP contribution in [-0.2, 0) is 17.8 Å². The largest absolute Gasteiger partial charge is 0.490 e. The van der Waals surface area contributed by atoms with Crippen molar-refractivity contribution >= 4 is 23.9 Å². The highest BCUT2D eigenvalue weighted by Crippen LogP contribution is 2.34. The first kappa shape index (κ1) is 26.0. The van der Waals surface area contributed by atoms with E-state index in [4.69, 9.17) is 9.47 Å². The SMILES string of the molecule is C=CCc1cc(/C=N\NC(=O)CSc2nc(C)cc(C)n2)cc(OCC)c1OCc1ccccc1. The number of aromatic nitrogens is 2. The van der Waals surface area contributed by atoms with Gasteiger partial charge in [0.05, 0.1) is 18.6 Å². The van der Waals surface area contributed by atoms with Crippen molar-refractivity contribution in [2.75, 3.05) is 12.4 Å². The number of hydrogen-bond donors (Lipinski definition) is 1. The Morgan fingerprint density at radius 3 is 2.54 bits per heavy atom. The zero-order valence-electron chi connectivity index (χ0n) is 20.3. The lowest BCUT2D eigenvalue weighted by Gasteiger charge is -2.16. The fraction of sp³-hybridized carbons (Fsp3) is 0.259. The Morgan fingerprint density at radius 1 is 1.11 bits per heavy atom. The van der Waals surface area contributed by atoms with E-state index in [1.165, 1.54) is 11.8 Å². The number of nitrogens with one attached hydrogen (secondary N) is 1. The first-order valence-corrected chi connectivity index (χ1v) is 12.3. The number of thioether (sulfide) groups is 1. The molecule has 0 spiro atoms. The Bertz CT molecular complexity index is 1160. The van der Waals surface area contributed by atoms with E-state index >= 15 is 0 Å². The molecule has 1 amide bonds. The van der Waals surface area contributed by atoms with Crippen molar-refractivity contribution < 1.29 is 14.3 Å². The second kappa shape index (κ2) is 13.3. The Balaban J connectivity index is 1.68. The summed E-state index contributed by atoms with van der Waals surface area (Å²) in [6.07, 6.45) is 4.01. The van der Waals surface area contributed by atoms with Gasteiger partial charge in [0.2, 0.25) is 0 Å². The standard InChI is InChI=1S/C27H30N4O3S/c1-5-10-23-14-22(15-24(33-6-2)26(23)34-17-21-11-8-7-9-12-21)16-28-31-25(32)18-35-27-29-19(3)13-20(4)30-27/h5,7-9,11-16H,1,6,10,17-18H2,2-4H3,(H,31,32)/b28-16-. The van der Waals surface area contributed by atoms with Gasteiger partial charge in [0.1, 0.15) is 6.61 Å². The van der Waals surface area contributed by atoms with Crippen molar-refractivity contribution in [2.24, 2.45) is 5.10 Å². The number of allylic oxidation sites excluding steroid dienone is 1. The number of aryl methyl sites for hydroxylation is 2. The predicted octanol–water partition coefficient (Wildman–Crippen LogP) is 5.04. The Morgan fingerprint density at radius 2 is 1.86 bits per heavy atom. The molecule has 1 heterocycles. The lowest BCUT2D eigenvalue weighted by molar-refractivity contribution is -0.118. The third-order valence-electron chi connectivity index (χ3n) is 4.74. The minimum atomic E-state index is -0.242. The molecule has 0 fully saturated rings. The Kier molecular flexibility index (Phi) is 9.86. The second-order valence-corrected chi connectivity index (χ2v) is 8.67. The number of amides is 1. The number of carbonyl (C=O) groups excluding carboxylic acids is 1. The molecule has 0 bridgehead atoms. The summed E-state index contributed by atoms with van der Waals surface area (Å²) in [6, 6.07) is 15.7. The van der Waals surface area contributed by atoms with Gasteiger partial charge in [-0.15, -0.1) is 6.58 Å². The van der Waals surface area contributed by atoms with Gasteiger partial charge in [0.15, 0.2) is 16.7 Å². The van der Waals surface area contributed by atoms with Crippen LogP contribution in [-0.4, -0.2) is 34.4 Å². The molecule has 0 unspecified atom stereocenters.